The highest BCUT2D eigenvalue weighted by Crippen LogP contribution is 2.35. The predicted octanol–water partition coefficient (Wildman–Crippen LogP) is 3.17. The molecular formula is C10H4ClF3N4. The third kappa shape index (κ3) is 3.37. The molecule has 0 heterocycles. The molecule has 4 nitrogen and oxygen atoms in total. The van der Waals surface area contributed by atoms with Crippen molar-refractivity contribution in [2.75, 3.05) is 5.43 Å². The fourth-order valence-electron chi connectivity index (χ4n) is 1.01. The zero-order valence-corrected chi connectivity index (χ0v) is 9.34. The highest BCUT2D eigenvalue weighted by atomic mass is 35.5. The Kier molecular flexibility index (Phi) is 4.13. The molecule has 1 rings (SSSR count). The van der Waals surface area contributed by atoms with Crippen molar-refractivity contribution in [3.63, 3.8) is 0 Å². The van der Waals surface area contributed by atoms with Crippen molar-refractivity contribution in [3.8, 4) is 12.1 Å². The van der Waals surface area contributed by atoms with Crippen LogP contribution in [0, 0.1) is 22.7 Å². The Morgan fingerprint density at radius 2 is 1.89 bits per heavy atom. The zero-order valence-electron chi connectivity index (χ0n) is 8.59. The van der Waals surface area contributed by atoms with Gasteiger partial charge in [-0.2, -0.15) is 28.8 Å². The third-order valence-corrected chi connectivity index (χ3v) is 2.10. The van der Waals surface area contributed by atoms with Crippen LogP contribution in [0.4, 0.5) is 18.9 Å². The number of nitrogens with zero attached hydrogens (tertiary/aromatic N) is 3. The molecule has 0 aromatic heterocycles. The molecule has 0 aliphatic carbocycles. The molecule has 0 bridgehead atoms. The first kappa shape index (κ1) is 13.8. The minimum atomic E-state index is -4.54. The second-order valence-electron chi connectivity index (χ2n) is 2.99. The number of rotatable bonds is 2. The lowest BCUT2D eigenvalue weighted by molar-refractivity contribution is -0.137. The lowest BCUT2D eigenvalue weighted by Gasteiger charge is -2.09. The predicted molar refractivity (Wildman–Crippen MR) is 58.7 cm³/mol. The Morgan fingerprint density at radius 1 is 1.28 bits per heavy atom. The lowest BCUT2D eigenvalue weighted by atomic mass is 10.2. The van der Waals surface area contributed by atoms with Crippen LogP contribution < -0.4 is 5.43 Å². The number of hydrogen-bond acceptors (Lipinski definition) is 4. The number of alkyl halides is 3. The summed E-state index contributed by atoms with van der Waals surface area (Å²) >= 11 is 5.46. The van der Waals surface area contributed by atoms with Crippen LogP contribution >= 0.6 is 11.6 Å². The van der Waals surface area contributed by atoms with Crippen LogP contribution in [0.1, 0.15) is 5.56 Å². The van der Waals surface area contributed by atoms with Gasteiger partial charge in [0, 0.05) is 0 Å². The summed E-state index contributed by atoms with van der Waals surface area (Å²) in [5, 5.41) is 19.6. The topological polar surface area (TPSA) is 72.0 Å². The summed E-state index contributed by atoms with van der Waals surface area (Å²) in [6.07, 6.45) is -4.54. The van der Waals surface area contributed by atoms with E-state index in [1.165, 1.54) is 12.1 Å². The second kappa shape index (κ2) is 5.39. The molecule has 0 saturated carbocycles. The van der Waals surface area contributed by atoms with Crippen molar-refractivity contribution in [1.82, 2.24) is 0 Å². The molecule has 18 heavy (non-hydrogen) atoms. The summed E-state index contributed by atoms with van der Waals surface area (Å²) in [6, 6.07) is 5.84. The Bertz CT molecular complexity index is 550. The molecule has 1 aromatic rings. The van der Waals surface area contributed by atoms with Crippen molar-refractivity contribution >= 4 is 23.0 Å². The number of nitriles is 2. The molecule has 0 amide bonds. The van der Waals surface area contributed by atoms with Crippen LogP contribution in [0.2, 0.25) is 5.02 Å². The fraction of sp³-hybridized carbons (Fsp3) is 0.100. The molecule has 0 radical (unpaired) electrons. The quantitative estimate of drug-likeness (QED) is 0.664. The Balaban J connectivity index is 2.98. The number of benzene rings is 1. The van der Waals surface area contributed by atoms with E-state index in [-0.39, 0.29) is 5.69 Å². The van der Waals surface area contributed by atoms with Crippen molar-refractivity contribution < 1.29 is 13.2 Å². The van der Waals surface area contributed by atoms with E-state index in [0.717, 1.165) is 18.2 Å². The van der Waals surface area contributed by atoms with Crippen LogP contribution in [-0.4, -0.2) is 5.71 Å². The van der Waals surface area contributed by atoms with Gasteiger partial charge in [-0.25, -0.2) is 0 Å². The van der Waals surface area contributed by atoms with Gasteiger partial charge in [0.2, 0.25) is 5.71 Å². The first-order valence-electron chi connectivity index (χ1n) is 4.39. The van der Waals surface area contributed by atoms with Crippen molar-refractivity contribution in [2.45, 2.75) is 6.18 Å². The highest BCUT2D eigenvalue weighted by Gasteiger charge is 2.32. The van der Waals surface area contributed by atoms with Gasteiger partial charge in [0.25, 0.3) is 0 Å². The van der Waals surface area contributed by atoms with Crippen molar-refractivity contribution in [2.24, 2.45) is 5.10 Å². The van der Waals surface area contributed by atoms with E-state index in [2.05, 4.69) is 10.5 Å². The van der Waals surface area contributed by atoms with Gasteiger partial charge >= 0.3 is 6.18 Å². The summed E-state index contributed by atoms with van der Waals surface area (Å²) in [7, 11) is 0. The summed E-state index contributed by atoms with van der Waals surface area (Å²) in [6.45, 7) is 0. The maximum Gasteiger partial charge on any atom is 0.417 e. The molecule has 0 fully saturated rings. The number of hydrogen-bond donors (Lipinski definition) is 1. The monoisotopic (exact) mass is 272 g/mol. The number of anilines is 1. The largest absolute Gasteiger partial charge is 0.417 e. The van der Waals surface area contributed by atoms with Gasteiger partial charge in [0.15, 0.2) is 0 Å². The minimum absolute atomic E-state index is 0.135. The van der Waals surface area contributed by atoms with E-state index in [1.54, 1.807) is 0 Å². The Morgan fingerprint density at radius 3 is 2.33 bits per heavy atom. The fourth-order valence-corrected chi connectivity index (χ4v) is 1.30. The molecule has 0 unspecified atom stereocenters. The van der Waals surface area contributed by atoms with Gasteiger partial charge in [-0.1, -0.05) is 11.6 Å². The van der Waals surface area contributed by atoms with Gasteiger partial charge in [-0.05, 0) is 18.2 Å². The van der Waals surface area contributed by atoms with Crippen LogP contribution in [0.25, 0.3) is 0 Å². The van der Waals surface area contributed by atoms with Crippen LogP contribution in [0.5, 0.6) is 0 Å². The SMILES string of the molecule is N#CC(C#N)=NNc1ccc(C(F)(F)F)c(Cl)c1. The zero-order chi connectivity index (χ0) is 13.8. The first-order chi connectivity index (χ1) is 8.38. The van der Waals surface area contributed by atoms with Crippen LogP contribution in [0.3, 0.4) is 0 Å². The Hall–Kier alpha value is -2.25. The first-order valence-corrected chi connectivity index (χ1v) is 4.77. The molecule has 0 atom stereocenters. The van der Waals surface area contributed by atoms with Gasteiger partial charge in [-0.3, -0.25) is 5.43 Å². The van der Waals surface area contributed by atoms with Crippen LogP contribution in [0.15, 0.2) is 23.3 Å². The standard InChI is InChI=1S/C10H4ClF3N4/c11-9-3-6(17-18-7(4-15)5-16)1-2-8(9)10(12,13)14/h1-3,17H. The van der Waals surface area contributed by atoms with E-state index in [0.29, 0.717) is 0 Å². The smallest absolute Gasteiger partial charge is 0.276 e. The average Bonchev–Trinajstić information content (AvgIpc) is 2.28. The Labute approximate surface area is 105 Å². The van der Waals surface area contributed by atoms with E-state index in [4.69, 9.17) is 22.1 Å². The summed E-state index contributed by atoms with van der Waals surface area (Å²) < 4.78 is 37.2. The van der Waals surface area contributed by atoms with Gasteiger partial charge in [-0.15, -0.1) is 0 Å². The molecular weight excluding hydrogens is 269 g/mol. The normalized spacial score (nSPS) is 10.1. The van der Waals surface area contributed by atoms with Crippen molar-refractivity contribution in [3.05, 3.63) is 28.8 Å². The average molecular weight is 273 g/mol. The summed E-state index contributed by atoms with van der Waals surface area (Å²) in [5.74, 6) is 0. The molecule has 0 saturated heterocycles. The van der Waals surface area contributed by atoms with Gasteiger partial charge < -0.3 is 0 Å². The molecule has 0 spiro atoms. The molecule has 0 aliphatic heterocycles. The molecule has 0 aliphatic rings. The molecule has 1 N–H and O–H groups in total. The van der Waals surface area contributed by atoms with Crippen molar-refractivity contribution in [1.29, 1.82) is 10.5 Å². The summed E-state index contributed by atoms with van der Waals surface area (Å²) in [4.78, 5) is 0. The van der Waals surface area contributed by atoms with Gasteiger partial charge in [0.1, 0.15) is 12.1 Å². The summed E-state index contributed by atoms with van der Waals surface area (Å²) in [5.41, 5.74) is 0.967. The molecule has 8 heteroatoms. The molecule has 1 aromatic carbocycles. The van der Waals surface area contributed by atoms with E-state index >= 15 is 0 Å². The van der Waals surface area contributed by atoms with Gasteiger partial charge in [0.05, 0.1) is 16.3 Å². The second-order valence-corrected chi connectivity index (χ2v) is 3.40. The van der Waals surface area contributed by atoms with E-state index in [9.17, 15) is 13.2 Å². The molecule has 92 valence electrons. The number of halogens is 4. The minimum Gasteiger partial charge on any atom is -0.276 e. The maximum atomic E-state index is 12.4. The third-order valence-electron chi connectivity index (χ3n) is 1.78. The maximum absolute atomic E-state index is 12.4. The number of nitrogens with one attached hydrogen (secondary N) is 1. The van der Waals surface area contributed by atoms with Crippen LogP contribution in [-0.2, 0) is 6.18 Å². The van der Waals surface area contributed by atoms with E-state index < -0.39 is 22.5 Å². The lowest BCUT2D eigenvalue weighted by Crippen LogP contribution is -2.06. The van der Waals surface area contributed by atoms with E-state index in [1.807, 2.05) is 0 Å². The number of hydrazone groups is 1. The highest BCUT2D eigenvalue weighted by molar-refractivity contribution is 6.31.